The van der Waals surface area contributed by atoms with Crippen LogP contribution in [0.4, 0.5) is 0 Å². The summed E-state index contributed by atoms with van der Waals surface area (Å²) in [7, 11) is 0. The van der Waals surface area contributed by atoms with Crippen LogP contribution in [0, 0.1) is 0 Å². The summed E-state index contributed by atoms with van der Waals surface area (Å²) < 4.78 is 7.03. The van der Waals surface area contributed by atoms with E-state index < -0.39 is 0 Å². The highest BCUT2D eigenvalue weighted by molar-refractivity contribution is 5.81. The molecule has 0 spiro atoms. The highest BCUT2D eigenvalue weighted by Crippen LogP contribution is 2.18. The minimum absolute atomic E-state index is 0.0174. The van der Waals surface area contributed by atoms with Gasteiger partial charge in [0.05, 0.1) is 17.8 Å². The molecule has 7 heteroatoms. The fourth-order valence-electron chi connectivity index (χ4n) is 3.35. The molecule has 0 bridgehead atoms. The van der Waals surface area contributed by atoms with Crippen LogP contribution in [0.2, 0.25) is 0 Å². The molecule has 1 N–H and O–H groups in total. The second-order valence-corrected chi connectivity index (χ2v) is 6.55. The summed E-state index contributed by atoms with van der Waals surface area (Å²) in [6.45, 7) is 7.15. The molecule has 3 heterocycles. The lowest BCUT2D eigenvalue weighted by Gasteiger charge is -2.32. The SMILES string of the molecule is CCn1nc2c(cc1=O)CN([C@H](C)C(=O)NC[C@@H]1CCCO1)CC2. The zero-order valence-corrected chi connectivity index (χ0v) is 14.5. The maximum absolute atomic E-state index is 12.4. The molecule has 1 aromatic rings. The van der Waals surface area contributed by atoms with E-state index in [-0.39, 0.29) is 23.6 Å². The molecular formula is C17H26N4O3. The molecule has 0 saturated carbocycles. The number of hydrogen-bond donors (Lipinski definition) is 1. The standard InChI is InChI=1S/C17H26N4O3/c1-3-21-16(22)9-13-11-20(7-6-15(13)19-21)12(2)17(23)18-10-14-5-4-8-24-14/h9,12,14H,3-8,10-11H2,1-2H3,(H,18,23)/t12-,14+/m1/s1. The Bertz CT molecular complexity index is 652. The molecule has 1 fully saturated rings. The maximum Gasteiger partial charge on any atom is 0.267 e. The van der Waals surface area contributed by atoms with Crippen molar-refractivity contribution in [1.29, 1.82) is 0 Å². The molecule has 0 unspecified atom stereocenters. The second kappa shape index (κ2) is 7.44. The Morgan fingerprint density at radius 1 is 1.54 bits per heavy atom. The fraction of sp³-hybridized carbons (Fsp3) is 0.706. The van der Waals surface area contributed by atoms with Crippen LogP contribution in [0.5, 0.6) is 0 Å². The van der Waals surface area contributed by atoms with Gasteiger partial charge in [0.25, 0.3) is 5.56 Å². The molecule has 7 nitrogen and oxygen atoms in total. The number of amides is 1. The molecule has 0 aliphatic carbocycles. The first-order chi connectivity index (χ1) is 11.6. The van der Waals surface area contributed by atoms with Crippen molar-refractivity contribution < 1.29 is 9.53 Å². The van der Waals surface area contributed by atoms with Gasteiger partial charge in [-0.2, -0.15) is 5.10 Å². The van der Waals surface area contributed by atoms with E-state index in [1.165, 1.54) is 4.68 Å². The van der Waals surface area contributed by atoms with Crippen LogP contribution in [0.15, 0.2) is 10.9 Å². The summed E-state index contributed by atoms with van der Waals surface area (Å²) in [6, 6.07) is 1.43. The largest absolute Gasteiger partial charge is 0.376 e. The Labute approximate surface area is 142 Å². The third kappa shape index (κ3) is 3.67. The van der Waals surface area contributed by atoms with Crippen LogP contribution < -0.4 is 10.9 Å². The van der Waals surface area contributed by atoms with E-state index in [0.29, 0.717) is 19.6 Å². The van der Waals surface area contributed by atoms with Crippen LogP contribution in [-0.2, 0) is 29.0 Å². The fourth-order valence-corrected chi connectivity index (χ4v) is 3.35. The van der Waals surface area contributed by atoms with Gasteiger partial charge in [-0.1, -0.05) is 0 Å². The summed E-state index contributed by atoms with van der Waals surface area (Å²) >= 11 is 0. The molecule has 2 aliphatic rings. The highest BCUT2D eigenvalue weighted by Gasteiger charge is 2.27. The van der Waals surface area contributed by atoms with Crippen LogP contribution >= 0.6 is 0 Å². The van der Waals surface area contributed by atoms with Crippen LogP contribution in [0.25, 0.3) is 0 Å². The third-order valence-corrected chi connectivity index (χ3v) is 4.93. The van der Waals surface area contributed by atoms with Crippen molar-refractivity contribution in [2.24, 2.45) is 0 Å². The number of hydrogen-bond acceptors (Lipinski definition) is 5. The van der Waals surface area contributed by atoms with Crippen LogP contribution in [0.1, 0.15) is 37.9 Å². The lowest BCUT2D eigenvalue weighted by Crippen LogP contribution is -2.48. The first-order valence-corrected chi connectivity index (χ1v) is 8.81. The number of aryl methyl sites for hydroxylation is 1. The van der Waals surface area contributed by atoms with E-state index in [0.717, 1.165) is 43.7 Å². The van der Waals surface area contributed by atoms with Crippen molar-refractivity contribution in [3.8, 4) is 0 Å². The van der Waals surface area contributed by atoms with Gasteiger partial charge in [0, 0.05) is 45.3 Å². The average molecular weight is 334 g/mol. The molecule has 1 saturated heterocycles. The van der Waals surface area contributed by atoms with Gasteiger partial charge in [-0.25, -0.2) is 4.68 Å². The Balaban J connectivity index is 1.60. The zero-order valence-electron chi connectivity index (χ0n) is 14.5. The first-order valence-electron chi connectivity index (χ1n) is 8.81. The van der Waals surface area contributed by atoms with Gasteiger partial charge in [-0.3, -0.25) is 14.5 Å². The van der Waals surface area contributed by atoms with Crippen molar-refractivity contribution in [3.05, 3.63) is 27.7 Å². The number of aromatic nitrogens is 2. The molecule has 0 radical (unpaired) electrons. The predicted molar refractivity (Wildman–Crippen MR) is 89.7 cm³/mol. The molecule has 2 atom stereocenters. The number of fused-ring (bicyclic) bond motifs is 1. The molecule has 2 aliphatic heterocycles. The summed E-state index contributed by atoms with van der Waals surface area (Å²) in [5.74, 6) is 0.0174. The number of carbonyl (C=O) groups excluding carboxylic acids is 1. The molecule has 3 rings (SSSR count). The molecule has 24 heavy (non-hydrogen) atoms. The van der Waals surface area contributed by atoms with E-state index in [2.05, 4.69) is 15.3 Å². The lowest BCUT2D eigenvalue weighted by molar-refractivity contribution is -0.126. The normalized spacial score (nSPS) is 22.2. The summed E-state index contributed by atoms with van der Waals surface area (Å²) in [4.78, 5) is 26.5. The van der Waals surface area contributed by atoms with Crippen LogP contribution in [0.3, 0.4) is 0 Å². The summed E-state index contributed by atoms with van der Waals surface area (Å²) in [6.07, 6.45) is 3.00. The average Bonchev–Trinajstić information content (AvgIpc) is 3.11. The number of nitrogens with one attached hydrogen (secondary N) is 1. The van der Waals surface area contributed by atoms with E-state index in [1.54, 1.807) is 6.07 Å². The third-order valence-electron chi connectivity index (χ3n) is 4.93. The van der Waals surface area contributed by atoms with Crippen molar-refractivity contribution in [1.82, 2.24) is 20.0 Å². The Morgan fingerprint density at radius 2 is 2.38 bits per heavy atom. The van der Waals surface area contributed by atoms with E-state index >= 15 is 0 Å². The van der Waals surface area contributed by atoms with Gasteiger partial charge in [-0.15, -0.1) is 0 Å². The minimum Gasteiger partial charge on any atom is -0.376 e. The van der Waals surface area contributed by atoms with Crippen molar-refractivity contribution in [3.63, 3.8) is 0 Å². The molecule has 1 amide bonds. The van der Waals surface area contributed by atoms with Crippen LogP contribution in [-0.4, -0.2) is 52.4 Å². The summed E-state index contributed by atoms with van der Waals surface area (Å²) in [5, 5.41) is 7.41. The Kier molecular flexibility index (Phi) is 5.30. The summed E-state index contributed by atoms with van der Waals surface area (Å²) in [5.41, 5.74) is 1.84. The van der Waals surface area contributed by atoms with Crippen molar-refractivity contribution in [2.45, 2.75) is 58.3 Å². The first kappa shape index (κ1) is 17.1. The lowest BCUT2D eigenvalue weighted by atomic mass is 10.0. The predicted octanol–water partition coefficient (Wildman–Crippen LogP) is 0.305. The molecule has 132 valence electrons. The quantitative estimate of drug-likeness (QED) is 0.838. The second-order valence-electron chi connectivity index (χ2n) is 6.55. The number of carbonyl (C=O) groups is 1. The number of ether oxygens (including phenoxy) is 1. The monoisotopic (exact) mass is 334 g/mol. The van der Waals surface area contributed by atoms with Crippen molar-refractivity contribution in [2.75, 3.05) is 19.7 Å². The molecular weight excluding hydrogens is 308 g/mol. The van der Waals surface area contributed by atoms with E-state index in [9.17, 15) is 9.59 Å². The van der Waals surface area contributed by atoms with E-state index in [4.69, 9.17) is 4.74 Å². The number of nitrogens with zero attached hydrogens (tertiary/aromatic N) is 3. The Morgan fingerprint density at radius 3 is 3.08 bits per heavy atom. The minimum atomic E-state index is -0.229. The molecule has 1 aromatic heterocycles. The van der Waals surface area contributed by atoms with Crippen molar-refractivity contribution >= 4 is 5.91 Å². The van der Waals surface area contributed by atoms with Gasteiger partial charge in [-0.05, 0) is 32.3 Å². The van der Waals surface area contributed by atoms with Gasteiger partial charge in [0.1, 0.15) is 0 Å². The van der Waals surface area contributed by atoms with Gasteiger partial charge in [0.15, 0.2) is 0 Å². The smallest absolute Gasteiger partial charge is 0.267 e. The van der Waals surface area contributed by atoms with Gasteiger partial charge < -0.3 is 10.1 Å². The Hall–Kier alpha value is -1.73. The maximum atomic E-state index is 12.4. The number of rotatable bonds is 5. The van der Waals surface area contributed by atoms with Gasteiger partial charge in [0.2, 0.25) is 5.91 Å². The van der Waals surface area contributed by atoms with Gasteiger partial charge >= 0.3 is 0 Å². The zero-order chi connectivity index (χ0) is 17.1. The molecule has 0 aromatic carbocycles. The highest BCUT2D eigenvalue weighted by atomic mass is 16.5. The topological polar surface area (TPSA) is 76.5 Å². The van der Waals surface area contributed by atoms with E-state index in [1.807, 2.05) is 13.8 Å².